The number of carboxylic acids is 1. The number of nitrogens with zero attached hydrogens (tertiary/aromatic N) is 1. The maximum atomic E-state index is 12.2. The first-order chi connectivity index (χ1) is 10.5. The van der Waals surface area contributed by atoms with Gasteiger partial charge in [0.1, 0.15) is 0 Å². The summed E-state index contributed by atoms with van der Waals surface area (Å²) in [6, 6.07) is 7.49. The van der Waals surface area contributed by atoms with Crippen molar-refractivity contribution in [3.63, 3.8) is 0 Å². The molecule has 1 aliphatic heterocycles. The fourth-order valence-electron chi connectivity index (χ4n) is 2.21. The third-order valence-electron chi connectivity index (χ3n) is 3.73. The predicted octanol–water partition coefficient (Wildman–Crippen LogP) is 1.88. The molecule has 0 saturated carbocycles. The summed E-state index contributed by atoms with van der Waals surface area (Å²) in [5, 5.41) is 11.8. The molecule has 6 nitrogen and oxygen atoms in total. The Kier molecular flexibility index (Phi) is 5.16. The molecule has 6 heteroatoms. The molecule has 0 unspecified atom stereocenters. The number of para-hydroxylation sites is 2. The molecule has 1 amide bonds. The van der Waals surface area contributed by atoms with E-state index in [0.717, 1.165) is 18.8 Å². The number of carbonyl (C=O) groups excluding carboxylic acids is 1. The lowest BCUT2D eigenvalue weighted by molar-refractivity contribution is -0.133. The van der Waals surface area contributed by atoms with Gasteiger partial charge in [0.2, 0.25) is 0 Å². The van der Waals surface area contributed by atoms with Gasteiger partial charge >= 0.3 is 5.97 Å². The molecule has 22 heavy (non-hydrogen) atoms. The molecule has 0 aliphatic carbocycles. The van der Waals surface area contributed by atoms with Crippen molar-refractivity contribution >= 4 is 23.3 Å². The van der Waals surface area contributed by atoms with Crippen LogP contribution in [0.2, 0.25) is 0 Å². The van der Waals surface area contributed by atoms with Gasteiger partial charge in [-0.15, -0.1) is 0 Å². The number of carboxylic acid groups (broad SMARTS) is 1. The van der Waals surface area contributed by atoms with Crippen LogP contribution in [0.1, 0.15) is 13.8 Å². The maximum Gasteiger partial charge on any atom is 0.331 e. The van der Waals surface area contributed by atoms with Crippen LogP contribution < -0.4 is 10.2 Å². The van der Waals surface area contributed by atoms with E-state index in [0.29, 0.717) is 18.9 Å². The highest BCUT2D eigenvalue weighted by Crippen LogP contribution is 2.26. The van der Waals surface area contributed by atoms with E-state index in [4.69, 9.17) is 9.84 Å². The Balaban J connectivity index is 2.21. The molecule has 0 bridgehead atoms. The molecular formula is C16H20N2O4. The fourth-order valence-corrected chi connectivity index (χ4v) is 2.21. The second-order valence-electron chi connectivity index (χ2n) is 5.13. The number of aliphatic carboxylic acids is 1. The van der Waals surface area contributed by atoms with Gasteiger partial charge in [0, 0.05) is 24.2 Å². The predicted molar refractivity (Wildman–Crippen MR) is 84.1 cm³/mol. The molecule has 1 saturated heterocycles. The van der Waals surface area contributed by atoms with Crippen LogP contribution in [0.25, 0.3) is 0 Å². The van der Waals surface area contributed by atoms with Gasteiger partial charge in [-0.1, -0.05) is 12.1 Å². The Morgan fingerprint density at radius 1 is 1.14 bits per heavy atom. The van der Waals surface area contributed by atoms with Gasteiger partial charge in [-0.3, -0.25) is 4.79 Å². The van der Waals surface area contributed by atoms with Gasteiger partial charge < -0.3 is 20.1 Å². The van der Waals surface area contributed by atoms with E-state index < -0.39 is 11.9 Å². The summed E-state index contributed by atoms with van der Waals surface area (Å²) in [6.07, 6.45) is 0. The van der Waals surface area contributed by atoms with Crippen LogP contribution in [0.4, 0.5) is 11.4 Å². The van der Waals surface area contributed by atoms with Crippen LogP contribution in [-0.2, 0) is 14.3 Å². The molecule has 0 spiro atoms. The summed E-state index contributed by atoms with van der Waals surface area (Å²) in [7, 11) is 0. The minimum absolute atomic E-state index is 0.0429. The van der Waals surface area contributed by atoms with E-state index in [9.17, 15) is 9.59 Å². The lowest BCUT2D eigenvalue weighted by atomic mass is 10.1. The number of hydrogen-bond acceptors (Lipinski definition) is 4. The minimum atomic E-state index is -1.09. The van der Waals surface area contributed by atoms with Gasteiger partial charge in [-0.25, -0.2) is 4.79 Å². The van der Waals surface area contributed by atoms with E-state index in [1.165, 1.54) is 13.8 Å². The van der Waals surface area contributed by atoms with Gasteiger partial charge in [0.05, 0.1) is 24.6 Å². The first kappa shape index (κ1) is 16.0. The lowest BCUT2D eigenvalue weighted by Crippen LogP contribution is -2.36. The standard InChI is InChI=1S/C16H20N2O4/c1-11(12(2)16(20)21)15(19)17-13-5-3-4-6-14(13)18-7-9-22-10-8-18/h3-6H,7-10H2,1-2H3,(H,17,19)(H,20,21)/b12-11-. The van der Waals surface area contributed by atoms with Crippen molar-refractivity contribution in [2.75, 3.05) is 36.5 Å². The summed E-state index contributed by atoms with van der Waals surface area (Å²) < 4.78 is 5.34. The summed E-state index contributed by atoms with van der Waals surface area (Å²) >= 11 is 0. The molecule has 1 aliphatic rings. The molecular weight excluding hydrogens is 284 g/mol. The van der Waals surface area contributed by atoms with Gasteiger partial charge in [-0.05, 0) is 26.0 Å². The molecule has 0 atom stereocenters. The van der Waals surface area contributed by atoms with E-state index >= 15 is 0 Å². The second-order valence-corrected chi connectivity index (χ2v) is 5.13. The average molecular weight is 304 g/mol. The van der Waals surface area contributed by atoms with Crippen molar-refractivity contribution in [2.24, 2.45) is 0 Å². The molecule has 1 fully saturated rings. The third-order valence-corrected chi connectivity index (χ3v) is 3.73. The molecule has 118 valence electrons. The van der Waals surface area contributed by atoms with Crippen molar-refractivity contribution in [1.29, 1.82) is 0 Å². The summed E-state index contributed by atoms with van der Waals surface area (Å²) in [6.45, 7) is 5.76. The van der Waals surface area contributed by atoms with Gasteiger partial charge in [0.15, 0.2) is 0 Å². The van der Waals surface area contributed by atoms with Crippen molar-refractivity contribution in [3.05, 3.63) is 35.4 Å². The molecule has 1 heterocycles. The fraction of sp³-hybridized carbons (Fsp3) is 0.375. The molecule has 0 radical (unpaired) electrons. The number of rotatable bonds is 4. The van der Waals surface area contributed by atoms with E-state index in [1.807, 2.05) is 24.3 Å². The first-order valence-electron chi connectivity index (χ1n) is 7.14. The number of ether oxygens (including phenoxy) is 1. The number of carbonyl (C=O) groups is 2. The lowest BCUT2D eigenvalue weighted by Gasteiger charge is -2.30. The molecule has 2 rings (SSSR count). The highest BCUT2D eigenvalue weighted by atomic mass is 16.5. The van der Waals surface area contributed by atoms with Crippen molar-refractivity contribution in [1.82, 2.24) is 0 Å². The highest BCUT2D eigenvalue weighted by Gasteiger charge is 2.17. The Morgan fingerprint density at radius 3 is 2.41 bits per heavy atom. The third kappa shape index (κ3) is 3.65. The second kappa shape index (κ2) is 7.09. The number of amides is 1. The van der Waals surface area contributed by atoms with Crippen LogP contribution in [0.5, 0.6) is 0 Å². The quantitative estimate of drug-likeness (QED) is 0.830. The maximum absolute atomic E-state index is 12.2. The van der Waals surface area contributed by atoms with Crippen LogP contribution in [-0.4, -0.2) is 43.3 Å². The number of hydrogen-bond donors (Lipinski definition) is 2. The average Bonchev–Trinajstić information content (AvgIpc) is 2.54. The summed E-state index contributed by atoms with van der Waals surface area (Å²) in [5.74, 6) is -1.49. The highest BCUT2D eigenvalue weighted by molar-refractivity contribution is 6.09. The van der Waals surface area contributed by atoms with Crippen LogP contribution in [0.3, 0.4) is 0 Å². The minimum Gasteiger partial charge on any atom is -0.478 e. The van der Waals surface area contributed by atoms with Crippen molar-refractivity contribution in [3.8, 4) is 0 Å². The van der Waals surface area contributed by atoms with E-state index in [-0.39, 0.29) is 11.1 Å². The topological polar surface area (TPSA) is 78.9 Å². The van der Waals surface area contributed by atoms with E-state index in [2.05, 4.69) is 10.2 Å². The van der Waals surface area contributed by atoms with Crippen molar-refractivity contribution in [2.45, 2.75) is 13.8 Å². The SMILES string of the molecule is C/C(C(=O)O)=C(\C)C(=O)Nc1ccccc1N1CCOCC1. The van der Waals surface area contributed by atoms with Crippen LogP contribution in [0.15, 0.2) is 35.4 Å². The molecule has 1 aromatic rings. The zero-order valence-corrected chi connectivity index (χ0v) is 12.8. The number of benzene rings is 1. The zero-order chi connectivity index (χ0) is 16.1. The number of morpholine rings is 1. The largest absolute Gasteiger partial charge is 0.478 e. The summed E-state index contributed by atoms with van der Waals surface area (Å²) in [5.41, 5.74) is 1.83. The zero-order valence-electron chi connectivity index (χ0n) is 12.8. The Labute approximate surface area is 129 Å². The van der Waals surface area contributed by atoms with Gasteiger partial charge in [0.25, 0.3) is 5.91 Å². The Bertz CT molecular complexity index is 604. The molecule has 0 aromatic heterocycles. The Morgan fingerprint density at radius 2 is 1.77 bits per heavy atom. The monoisotopic (exact) mass is 304 g/mol. The van der Waals surface area contributed by atoms with Gasteiger partial charge in [-0.2, -0.15) is 0 Å². The summed E-state index contributed by atoms with van der Waals surface area (Å²) in [4.78, 5) is 25.3. The van der Waals surface area contributed by atoms with Crippen LogP contribution >= 0.6 is 0 Å². The first-order valence-corrected chi connectivity index (χ1v) is 7.14. The molecule has 2 N–H and O–H groups in total. The van der Waals surface area contributed by atoms with E-state index in [1.54, 1.807) is 0 Å². The number of anilines is 2. The van der Waals surface area contributed by atoms with Crippen LogP contribution in [0, 0.1) is 0 Å². The normalized spacial score (nSPS) is 16.0. The Hall–Kier alpha value is -2.34. The van der Waals surface area contributed by atoms with Crippen molar-refractivity contribution < 1.29 is 19.4 Å². The molecule has 1 aromatic carbocycles. The number of nitrogens with one attached hydrogen (secondary N) is 1. The smallest absolute Gasteiger partial charge is 0.331 e.